The Bertz CT molecular complexity index is 666. The summed E-state index contributed by atoms with van der Waals surface area (Å²) in [6.07, 6.45) is 2.64. The number of ether oxygens (including phenoxy) is 2. The Hall–Kier alpha value is -1.94. The monoisotopic (exact) mass is 474 g/mol. The maximum absolute atomic E-state index is 12.9. The fraction of sp³-hybridized carbons (Fsp3) is 0.333. The molecule has 8 heteroatoms. The van der Waals surface area contributed by atoms with Crippen molar-refractivity contribution in [3.05, 3.63) is 54.0 Å². The number of benzene rings is 1. The predicted molar refractivity (Wildman–Crippen MR) is 111 cm³/mol. The summed E-state index contributed by atoms with van der Waals surface area (Å²) in [7, 11) is 3.41. The minimum absolute atomic E-state index is 0. The van der Waals surface area contributed by atoms with Crippen molar-refractivity contribution in [2.24, 2.45) is 4.99 Å². The van der Waals surface area contributed by atoms with Crippen LogP contribution in [0.5, 0.6) is 11.6 Å². The molecule has 1 aromatic heterocycles. The molecule has 0 unspecified atom stereocenters. The minimum atomic E-state index is -0.300. The first-order chi connectivity index (χ1) is 12.2. The number of nitrogens with zero attached hydrogens (tertiary/aromatic N) is 2. The Labute approximate surface area is 170 Å². The standard InChI is InChI=1S/C18H23FN4O2.HI/c1-20-18(21-10-3-11-24-2)23-13-14-4-9-17(22-12-14)25-16-7-5-15(19)6-8-16;/h4-9,12H,3,10-11,13H2,1-2H3,(H2,20,21,23);1H. The van der Waals surface area contributed by atoms with E-state index < -0.39 is 0 Å². The molecule has 0 fully saturated rings. The second kappa shape index (κ2) is 12.4. The summed E-state index contributed by atoms with van der Waals surface area (Å²) in [6, 6.07) is 9.50. The Morgan fingerprint density at radius 3 is 2.54 bits per heavy atom. The molecular formula is C18H24FIN4O2. The molecule has 2 aromatic rings. The number of nitrogens with one attached hydrogen (secondary N) is 2. The molecule has 0 amide bonds. The zero-order valence-corrected chi connectivity index (χ0v) is 17.2. The largest absolute Gasteiger partial charge is 0.439 e. The molecule has 0 aliphatic carbocycles. The van der Waals surface area contributed by atoms with Crippen LogP contribution in [0.1, 0.15) is 12.0 Å². The van der Waals surface area contributed by atoms with Crippen molar-refractivity contribution in [1.82, 2.24) is 15.6 Å². The number of pyridine rings is 1. The highest BCUT2D eigenvalue weighted by Gasteiger charge is 2.02. The molecule has 142 valence electrons. The highest BCUT2D eigenvalue weighted by Crippen LogP contribution is 2.19. The van der Waals surface area contributed by atoms with Gasteiger partial charge in [-0.25, -0.2) is 9.37 Å². The van der Waals surface area contributed by atoms with Crippen LogP contribution < -0.4 is 15.4 Å². The lowest BCUT2D eigenvalue weighted by molar-refractivity contribution is 0.195. The molecular weight excluding hydrogens is 450 g/mol. The van der Waals surface area contributed by atoms with E-state index in [1.54, 1.807) is 38.6 Å². The molecule has 0 aliphatic rings. The van der Waals surface area contributed by atoms with Crippen LogP contribution in [0.15, 0.2) is 47.6 Å². The van der Waals surface area contributed by atoms with E-state index in [0.29, 0.717) is 24.8 Å². The van der Waals surface area contributed by atoms with Gasteiger partial charge in [0.05, 0.1) is 0 Å². The van der Waals surface area contributed by atoms with E-state index in [-0.39, 0.29) is 29.8 Å². The van der Waals surface area contributed by atoms with E-state index in [0.717, 1.165) is 24.5 Å². The highest BCUT2D eigenvalue weighted by atomic mass is 127. The average molecular weight is 474 g/mol. The normalized spacial score (nSPS) is 10.8. The van der Waals surface area contributed by atoms with Gasteiger partial charge >= 0.3 is 0 Å². The minimum Gasteiger partial charge on any atom is -0.439 e. The maximum atomic E-state index is 12.9. The third kappa shape index (κ3) is 7.96. The molecule has 0 saturated carbocycles. The first kappa shape index (κ1) is 22.1. The summed E-state index contributed by atoms with van der Waals surface area (Å²) in [6.45, 7) is 2.09. The summed E-state index contributed by atoms with van der Waals surface area (Å²) in [4.78, 5) is 8.41. The van der Waals surface area contributed by atoms with Gasteiger partial charge in [-0.2, -0.15) is 0 Å². The number of methoxy groups -OCH3 is 1. The van der Waals surface area contributed by atoms with Crippen molar-refractivity contribution < 1.29 is 13.9 Å². The zero-order chi connectivity index (χ0) is 17.9. The molecule has 2 rings (SSSR count). The van der Waals surface area contributed by atoms with Gasteiger partial charge in [-0.15, -0.1) is 24.0 Å². The van der Waals surface area contributed by atoms with Gasteiger partial charge in [-0.1, -0.05) is 6.07 Å². The Morgan fingerprint density at radius 2 is 1.92 bits per heavy atom. The van der Waals surface area contributed by atoms with Gasteiger partial charge in [0.2, 0.25) is 5.88 Å². The van der Waals surface area contributed by atoms with Crippen molar-refractivity contribution in [3.63, 3.8) is 0 Å². The average Bonchev–Trinajstić information content (AvgIpc) is 2.64. The number of aliphatic imine (C=N–C) groups is 1. The number of halogens is 2. The number of rotatable bonds is 8. The smallest absolute Gasteiger partial charge is 0.219 e. The zero-order valence-electron chi connectivity index (χ0n) is 14.9. The second-order valence-electron chi connectivity index (χ2n) is 5.26. The van der Waals surface area contributed by atoms with E-state index in [9.17, 15) is 4.39 Å². The van der Waals surface area contributed by atoms with Crippen molar-refractivity contribution in [2.75, 3.05) is 27.3 Å². The molecule has 1 aromatic carbocycles. The lowest BCUT2D eigenvalue weighted by Gasteiger charge is -2.12. The fourth-order valence-corrected chi connectivity index (χ4v) is 2.03. The van der Waals surface area contributed by atoms with Gasteiger partial charge in [0.15, 0.2) is 5.96 Å². The molecule has 26 heavy (non-hydrogen) atoms. The van der Waals surface area contributed by atoms with Crippen molar-refractivity contribution >= 4 is 29.9 Å². The molecule has 0 spiro atoms. The third-order valence-electron chi connectivity index (χ3n) is 3.33. The number of hydrogen-bond donors (Lipinski definition) is 2. The Morgan fingerprint density at radius 1 is 1.15 bits per heavy atom. The lowest BCUT2D eigenvalue weighted by Crippen LogP contribution is -2.37. The summed E-state index contributed by atoms with van der Waals surface area (Å²) >= 11 is 0. The molecule has 0 aliphatic heterocycles. The Kier molecular flexibility index (Phi) is 10.6. The van der Waals surface area contributed by atoms with Crippen LogP contribution in [0, 0.1) is 5.82 Å². The van der Waals surface area contributed by atoms with Crippen molar-refractivity contribution in [2.45, 2.75) is 13.0 Å². The second-order valence-corrected chi connectivity index (χ2v) is 5.26. The van der Waals surface area contributed by atoms with Crippen LogP contribution in [0.3, 0.4) is 0 Å². The van der Waals surface area contributed by atoms with Gasteiger partial charge in [0, 0.05) is 46.1 Å². The molecule has 0 bridgehead atoms. The topological polar surface area (TPSA) is 67.8 Å². The molecule has 0 saturated heterocycles. The maximum Gasteiger partial charge on any atom is 0.219 e. The van der Waals surface area contributed by atoms with Crippen LogP contribution in [-0.4, -0.2) is 38.3 Å². The van der Waals surface area contributed by atoms with Gasteiger partial charge in [-0.3, -0.25) is 4.99 Å². The van der Waals surface area contributed by atoms with E-state index in [1.165, 1.54) is 12.1 Å². The van der Waals surface area contributed by atoms with Crippen molar-refractivity contribution in [1.29, 1.82) is 0 Å². The molecule has 0 radical (unpaired) electrons. The summed E-state index contributed by atoms with van der Waals surface area (Å²) in [5, 5.41) is 6.42. The van der Waals surface area contributed by atoms with E-state index >= 15 is 0 Å². The van der Waals surface area contributed by atoms with Crippen LogP contribution >= 0.6 is 24.0 Å². The predicted octanol–water partition coefficient (Wildman–Crippen LogP) is 3.33. The van der Waals surface area contributed by atoms with Crippen LogP contribution in [0.2, 0.25) is 0 Å². The highest BCUT2D eigenvalue weighted by molar-refractivity contribution is 14.0. The molecule has 0 atom stereocenters. The van der Waals surface area contributed by atoms with Gasteiger partial charge < -0.3 is 20.1 Å². The quantitative estimate of drug-likeness (QED) is 0.266. The summed E-state index contributed by atoms with van der Waals surface area (Å²) in [5.41, 5.74) is 0.992. The fourth-order valence-electron chi connectivity index (χ4n) is 2.03. The first-order valence-corrected chi connectivity index (χ1v) is 8.03. The van der Waals surface area contributed by atoms with E-state index in [2.05, 4.69) is 20.6 Å². The van der Waals surface area contributed by atoms with Gasteiger partial charge in [0.25, 0.3) is 0 Å². The Balaban J connectivity index is 0.00000338. The summed E-state index contributed by atoms with van der Waals surface area (Å²) < 4.78 is 23.4. The van der Waals surface area contributed by atoms with Crippen LogP contribution in [0.4, 0.5) is 4.39 Å². The first-order valence-electron chi connectivity index (χ1n) is 8.03. The van der Waals surface area contributed by atoms with Gasteiger partial charge in [0.1, 0.15) is 11.6 Å². The number of hydrogen-bond acceptors (Lipinski definition) is 4. The van der Waals surface area contributed by atoms with Crippen LogP contribution in [-0.2, 0) is 11.3 Å². The third-order valence-corrected chi connectivity index (χ3v) is 3.33. The van der Waals surface area contributed by atoms with E-state index in [4.69, 9.17) is 9.47 Å². The van der Waals surface area contributed by atoms with E-state index in [1.807, 2.05) is 6.07 Å². The van der Waals surface area contributed by atoms with Gasteiger partial charge in [-0.05, 0) is 36.2 Å². The van der Waals surface area contributed by atoms with Crippen LogP contribution in [0.25, 0.3) is 0 Å². The molecule has 6 nitrogen and oxygen atoms in total. The molecule has 1 heterocycles. The number of aromatic nitrogens is 1. The number of guanidine groups is 1. The SMILES string of the molecule is CN=C(NCCCOC)NCc1ccc(Oc2ccc(F)cc2)nc1.I. The lowest BCUT2D eigenvalue weighted by atomic mass is 10.3. The van der Waals surface area contributed by atoms with Crippen molar-refractivity contribution in [3.8, 4) is 11.6 Å². The molecule has 2 N–H and O–H groups in total. The summed E-state index contributed by atoms with van der Waals surface area (Å²) in [5.74, 6) is 1.42.